The summed E-state index contributed by atoms with van der Waals surface area (Å²) in [6.45, 7) is 5.87. The lowest BCUT2D eigenvalue weighted by atomic mass is 9.75. The monoisotopic (exact) mass is 470 g/mol. The van der Waals surface area contributed by atoms with Gasteiger partial charge in [0.05, 0.1) is 11.8 Å². The molecule has 3 aliphatic heterocycles. The number of aromatic nitrogens is 4. The van der Waals surface area contributed by atoms with Crippen LogP contribution < -0.4 is 10.2 Å². The molecule has 3 aliphatic rings. The van der Waals surface area contributed by atoms with Crippen LogP contribution in [0.25, 0.3) is 0 Å². The molecule has 0 radical (unpaired) electrons. The van der Waals surface area contributed by atoms with Crippen LogP contribution in [0.2, 0.25) is 0 Å². The average Bonchev–Trinajstić information content (AvgIpc) is 3.47. The van der Waals surface area contributed by atoms with Crippen LogP contribution in [0.15, 0.2) is 24.3 Å². The van der Waals surface area contributed by atoms with E-state index in [1.165, 1.54) is 12.1 Å². The molecule has 1 atom stereocenters. The highest BCUT2D eigenvalue weighted by Crippen LogP contribution is 2.41. The minimum Gasteiger partial charge on any atom is -0.369 e. The zero-order valence-corrected chi connectivity index (χ0v) is 19.2. The molecule has 10 nitrogen and oxygen atoms in total. The Morgan fingerprint density at radius 1 is 1.09 bits per heavy atom. The Labute approximate surface area is 197 Å². The summed E-state index contributed by atoms with van der Waals surface area (Å²) >= 11 is 0. The second kappa shape index (κ2) is 9.65. The van der Waals surface area contributed by atoms with Crippen molar-refractivity contribution in [3.05, 3.63) is 35.9 Å². The van der Waals surface area contributed by atoms with Crippen LogP contribution in [0.1, 0.15) is 31.5 Å². The number of aromatic amines is 1. The van der Waals surface area contributed by atoms with Gasteiger partial charge in [-0.3, -0.25) is 14.5 Å². The van der Waals surface area contributed by atoms with Crippen molar-refractivity contribution in [3.8, 4) is 0 Å². The lowest BCUT2D eigenvalue weighted by Gasteiger charge is -2.37. The third-order valence-corrected chi connectivity index (χ3v) is 7.58. The summed E-state index contributed by atoms with van der Waals surface area (Å²) in [4.78, 5) is 31.9. The van der Waals surface area contributed by atoms with Gasteiger partial charge in [0.2, 0.25) is 11.8 Å². The van der Waals surface area contributed by atoms with Gasteiger partial charge < -0.3 is 15.1 Å². The number of hydrogen-bond acceptors (Lipinski definition) is 7. The number of rotatable bonds is 6. The van der Waals surface area contributed by atoms with Crippen molar-refractivity contribution >= 4 is 17.5 Å². The molecule has 0 aliphatic carbocycles. The second-order valence-electron chi connectivity index (χ2n) is 9.63. The first kappa shape index (κ1) is 22.7. The van der Waals surface area contributed by atoms with E-state index in [9.17, 15) is 14.0 Å². The van der Waals surface area contributed by atoms with Gasteiger partial charge >= 0.3 is 0 Å². The number of anilines is 1. The van der Waals surface area contributed by atoms with Crippen LogP contribution in [-0.4, -0.2) is 94.1 Å². The van der Waals surface area contributed by atoms with E-state index in [1.807, 2.05) is 17.0 Å². The van der Waals surface area contributed by atoms with E-state index in [1.54, 1.807) is 0 Å². The van der Waals surface area contributed by atoms with E-state index in [2.05, 4.69) is 35.7 Å². The maximum absolute atomic E-state index is 13.2. The van der Waals surface area contributed by atoms with Crippen LogP contribution in [-0.2, 0) is 16.0 Å². The second-order valence-corrected chi connectivity index (χ2v) is 9.63. The van der Waals surface area contributed by atoms with Gasteiger partial charge in [-0.15, -0.1) is 10.2 Å². The largest absolute Gasteiger partial charge is 0.369 e. The third kappa shape index (κ3) is 4.89. The molecule has 1 aromatic heterocycles. The number of tetrazole rings is 1. The maximum Gasteiger partial charge on any atom is 0.230 e. The van der Waals surface area contributed by atoms with Crippen molar-refractivity contribution in [2.45, 2.75) is 38.1 Å². The third-order valence-electron chi connectivity index (χ3n) is 7.58. The molecular weight excluding hydrogens is 439 g/mol. The Morgan fingerprint density at radius 3 is 2.50 bits per heavy atom. The van der Waals surface area contributed by atoms with Gasteiger partial charge in [-0.2, -0.15) is 5.21 Å². The number of halogens is 1. The fourth-order valence-electron chi connectivity index (χ4n) is 5.47. The predicted octanol–water partition coefficient (Wildman–Crippen LogP) is 0.591. The summed E-state index contributed by atoms with van der Waals surface area (Å²) < 4.78 is 13.2. The summed E-state index contributed by atoms with van der Waals surface area (Å²) in [7, 11) is 0. The number of nitrogens with one attached hydrogen (secondary N) is 2. The smallest absolute Gasteiger partial charge is 0.230 e. The Kier molecular flexibility index (Phi) is 6.44. The van der Waals surface area contributed by atoms with E-state index >= 15 is 0 Å². The number of piperidine rings is 1. The van der Waals surface area contributed by atoms with Crippen LogP contribution in [0.3, 0.4) is 0 Å². The molecule has 34 heavy (non-hydrogen) atoms. The molecule has 2 amide bonds. The summed E-state index contributed by atoms with van der Waals surface area (Å²) in [6.07, 6.45) is 3.30. The highest BCUT2D eigenvalue weighted by molar-refractivity contribution is 5.86. The lowest BCUT2D eigenvalue weighted by molar-refractivity contribution is -0.138. The number of amides is 2. The highest BCUT2D eigenvalue weighted by Gasteiger charge is 2.48. The predicted molar refractivity (Wildman–Crippen MR) is 122 cm³/mol. The van der Waals surface area contributed by atoms with Crippen LogP contribution in [0.4, 0.5) is 10.1 Å². The topological polar surface area (TPSA) is 110 Å². The van der Waals surface area contributed by atoms with Crippen LogP contribution in [0.5, 0.6) is 0 Å². The van der Waals surface area contributed by atoms with Gasteiger partial charge in [-0.05, 0) is 49.9 Å². The van der Waals surface area contributed by atoms with Crippen molar-refractivity contribution in [2.75, 3.05) is 50.7 Å². The number of likely N-dealkylation sites (tertiary alicyclic amines) is 1. The number of carbonyl (C=O) groups excluding carboxylic acids is 2. The Balaban J connectivity index is 1.05. The van der Waals surface area contributed by atoms with Gasteiger partial charge in [-0.25, -0.2) is 4.39 Å². The van der Waals surface area contributed by atoms with Crippen molar-refractivity contribution < 1.29 is 14.0 Å². The van der Waals surface area contributed by atoms with Crippen molar-refractivity contribution in [1.82, 2.24) is 35.7 Å². The van der Waals surface area contributed by atoms with Crippen LogP contribution >= 0.6 is 0 Å². The van der Waals surface area contributed by atoms with Crippen molar-refractivity contribution in [1.29, 1.82) is 0 Å². The summed E-state index contributed by atoms with van der Waals surface area (Å²) in [5, 5.41) is 16.8. The number of nitrogens with zero attached hydrogens (tertiary/aromatic N) is 6. The molecule has 2 N–H and O–H groups in total. The quantitative estimate of drug-likeness (QED) is 0.636. The number of benzene rings is 1. The van der Waals surface area contributed by atoms with Crippen LogP contribution in [0, 0.1) is 11.2 Å². The standard InChI is InChI=1S/C23H31FN8O2/c24-17-1-3-19(4-2-17)31-13-11-30(12-14-31)8-5-18-16-23(22(34)25-18)6-9-32(10-7-23)21(33)15-20-26-28-29-27-20/h1-4,18H,5-16H2,(H,25,34)(H,26,27,28,29). The minimum absolute atomic E-state index is 0.0222. The number of hydrogen-bond donors (Lipinski definition) is 2. The van der Waals surface area contributed by atoms with Crippen molar-refractivity contribution in [3.63, 3.8) is 0 Å². The molecule has 11 heteroatoms. The summed E-state index contributed by atoms with van der Waals surface area (Å²) in [6, 6.07) is 6.87. The minimum atomic E-state index is -0.352. The molecule has 1 unspecified atom stereocenters. The van der Waals surface area contributed by atoms with Crippen molar-refractivity contribution in [2.24, 2.45) is 5.41 Å². The fraction of sp³-hybridized carbons (Fsp3) is 0.609. The molecule has 1 aromatic carbocycles. The van der Waals surface area contributed by atoms with E-state index in [-0.39, 0.29) is 35.5 Å². The first-order valence-corrected chi connectivity index (χ1v) is 12.0. The zero-order chi connectivity index (χ0) is 23.5. The number of piperazine rings is 1. The molecular formula is C23H31FN8O2. The summed E-state index contributed by atoms with van der Waals surface area (Å²) in [5.74, 6) is 0.303. The summed E-state index contributed by atoms with van der Waals surface area (Å²) in [5.41, 5.74) is 0.711. The van der Waals surface area contributed by atoms with Gasteiger partial charge in [0.1, 0.15) is 5.82 Å². The highest BCUT2D eigenvalue weighted by atomic mass is 19.1. The molecule has 3 saturated heterocycles. The normalized spacial score (nSPS) is 22.9. The maximum atomic E-state index is 13.2. The lowest BCUT2D eigenvalue weighted by Crippen LogP contribution is -2.47. The molecule has 4 heterocycles. The average molecular weight is 471 g/mol. The SMILES string of the molecule is O=C(Cc1nn[nH]n1)N1CCC2(CC1)CC(CCN1CCN(c3ccc(F)cc3)CC1)NC2=O. The molecule has 2 aromatic rings. The molecule has 0 bridgehead atoms. The van der Waals surface area contributed by atoms with Gasteiger partial charge in [-0.1, -0.05) is 5.21 Å². The fourth-order valence-corrected chi connectivity index (χ4v) is 5.47. The molecule has 1 spiro atoms. The number of H-pyrrole nitrogens is 1. The first-order valence-electron chi connectivity index (χ1n) is 12.0. The molecule has 3 fully saturated rings. The molecule has 0 saturated carbocycles. The Morgan fingerprint density at radius 2 is 1.82 bits per heavy atom. The van der Waals surface area contributed by atoms with E-state index < -0.39 is 0 Å². The molecule has 182 valence electrons. The van der Waals surface area contributed by atoms with Gasteiger partial charge in [0, 0.05) is 57.5 Å². The van der Waals surface area contributed by atoms with E-state index in [0.29, 0.717) is 31.8 Å². The van der Waals surface area contributed by atoms with E-state index in [0.717, 1.165) is 51.3 Å². The van der Waals surface area contributed by atoms with Gasteiger partial charge in [0.25, 0.3) is 0 Å². The molecule has 5 rings (SSSR count). The Bertz CT molecular complexity index is 983. The van der Waals surface area contributed by atoms with E-state index in [4.69, 9.17) is 0 Å². The van der Waals surface area contributed by atoms with Gasteiger partial charge in [0.15, 0.2) is 5.82 Å². The zero-order valence-electron chi connectivity index (χ0n) is 19.2. The number of carbonyl (C=O) groups is 2. The Hall–Kier alpha value is -3.08. The first-order chi connectivity index (χ1) is 16.5.